The fraction of sp³-hybridized carbons (Fsp3) is 0.636. The lowest BCUT2D eigenvalue weighted by atomic mass is 9.91. The molecule has 5 nitrogen and oxygen atoms in total. The molecular weight excluding hydrogens is 376 g/mol. The van der Waals surface area contributed by atoms with Crippen molar-refractivity contribution in [3.8, 4) is 5.75 Å². The van der Waals surface area contributed by atoms with Crippen LogP contribution >= 0.6 is 11.6 Å². The van der Waals surface area contributed by atoms with Crippen molar-refractivity contribution in [1.29, 1.82) is 0 Å². The van der Waals surface area contributed by atoms with E-state index < -0.39 is 0 Å². The number of fused-ring (bicyclic) bond motifs is 1. The van der Waals surface area contributed by atoms with Crippen LogP contribution in [0.4, 0.5) is 0 Å². The monoisotopic (exact) mass is 404 g/mol. The Labute approximate surface area is 172 Å². The first kappa shape index (κ1) is 19.6. The Balaban J connectivity index is 1.31. The van der Waals surface area contributed by atoms with Crippen molar-refractivity contribution in [3.63, 3.8) is 0 Å². The molecule has 0 spiro atoms. The number of hydrogen-bond acceptors (Lipinski definition) is 3. The maximum absolute atomic E-state index is 13.0. The molecular formula is C22H29ClN2O3. The summed E-state index contributed by atoms with van der Waals surface area (Å²) in [7, 11) is 0. The van der Waals surface area contributed by atoms with Crippen LogP contribution in [0.5, 0.6) is 5.75 Å². The highest BCUT2D eigenvalue weighted by Crippen LogP contribution is 2.31. The van der Waals surface area contributed by atoms with Crippen molar-refractivity contribution in [2.75, 3.05) is 32.8 Å². The van der Waals surface area contributed by atoms with Gasteiger partial charge in [0, 0.05) is 37.1 Å². The third-order valence-corrected chi connectivity index (χ3v) is 6.59. The average Bonchev–Trinajstić information content (AvgIpc) is 3.02. The van der Waals surface area contributed by atoms with E-state index in [1.165, 1.54) is 12.8 Å². The van der Waals surface area contributed by atoms with E-state index >= 15 is 0 Å². The standard InChI is InChI=1S/C22H29ClN2O3/c23-19-5-6-20-17(14-19)13-18(15-28-20)22(27)25-11-7-16(8-12-25)21(26)24-9-3-1-2-4-10-24/h5-6,14,16,18H,1-4,7-13,15H2. The van der Waals surface area contributed by atoms with Gasteiger partial charge >= 0.3 is 0 Å². The van der Waals surface area contributed by atoms with Gasteiger partial charge in [0.15, 0.2) is 0 Å². The number of hydrogen-bond donors (Lipinski definition) is 0. The summed E-state index contributed by atoms with van der Waals surface area (Å²) in [5.41, 5.74) is 1.00. The van der Waals surface area contributed by atoms with Crippen molar-refractivity contribution in [2.24, 2.45) is 11.8 Å². The molecule has 2 amide bonds. The molecule has 1 aromatic rings. The highest BCUT2D eigenvalue weighted by molar-refractivity contribution is 6.30. The second-order valence-corrected chi connectivity index (χ2v) is 8.74. The number of nitrogens with zero attached hydrogens (tertiary/aromatic N) is 2. The Morgan fingerprint density at radius 3 is 2.25 bits per heavy atom. The Morgan fingerprint density at radius 1 is 0.893 bits per heavy atom. The molecule has 0 saturated carbocycles. The molecule has 0 aliphatic carbocycles. The van der Waals surface area contributed by atoms with Crippen LogP contribution in [0.1, 0.15) is 44.1 Å². The van der Waals surface area contributed by atoms with Gasteiger partial charge in [-0.15, -0.1) is 0 Å². The first-order valence-corrected chi connectivity index (χ1v) is 11.0. The summed E-state index contributed by atoms with van der Waals surface area (Å²) in [6.07, 6.45) is 6.92. The normalized spacial score (nSPS) is 23.5. The van der Waals surface area contributed by atoms with Crippen LogP contribution in [-0.2, 0) is 16.0 Å². The van der Waals surface area contributed by atoms with Crippen molar-refractivity contribution < 1.29 is 14.3 Å². The molecule has 1 unspecified atom stereocenters. The average molecular weight is 405 g/mol. The van der Waals surface area contributed by atoms with E-state index in [0.717, 1.165) is 50.1 Å². The van der Waals surface area contributed by atoms with Crippen molar-refractivity contribution >= 4 is 23.4 Å². The molecule has 0 N–H and O–H groups in total. The van der Waals surface area contributed by atoms with Gasteiger partial charge in [0.1, 0.15) is 12.4 Å². The summed E-state index contributed by atoms with van der Waals surface area (Å²) in [6, 6.07) is 5.58. The van der Waals surface area contributed by atoms with Gasteiger partial charge in [0.05, 0.1) is 5.92 Å². The van der Waals surface area contributed by atoms with Gasteiger partial charge in [0.25, 0.3) is 0 Å². The van der Waals surface area contributed by atoms with Gasteiger partial charge in [0.2, 0.25) is 11.8 Å². The van der Waals surface area contributed by atoms with Crippen LogP contribution in [0.15, 0.2) is 18.2 Å². The first-order chi connectivity index (χ1) is 13.6. The number of carbonyl (C=O) groups is 2. The Kier molecular flexibility index (Phi) is 6.10. The number of piperidine rings is 1. The molecule has 3 heterocycles. The number of benzene rings is 1. The minimum Gasteiger partial charge on any atom is -0.492 e. The number of rotatable bonds is 2. The van der Waals surface area contributed by atoms with E-state index in [0.29, 0.717) is 37.0 Å². The van der Waals surface area contributed by atoms with Gasteiger partial charge in [-0.25, -0.2) is 0 Å². The summed E-state index contributed by atoms with van der Waals surface area (Å²) in [5, 5.41) is 0.670. The topological polar surface area (TPSA) is 49.9 Å². The van der Waals surface area contributed by atoms with E-state index in [9.17, 15) is 9.59 Å². The van der Waals surface area contributed by atoms with Crippen LogP contribution in [0.2, 0.25) is 5.02 Å². The first-order valence-electron chi connectivity index (χ1n) is 10.6. The van der Waals surface area contributed by atoms with Gasteiger partial charge < -0.3 is 14.5 Å². The predicted octanol–water partition coefficient (Wildman–Crippen LogP) is 3.53. The molecule has 1 aromatic carbocycles. The van der Waals surface area contributed by atoms with E-state index in [1.807, 2.05) is 23.1 Å². The van der Waals surface area contributed by atoms with E-state index in [-0.39, 0.29) is 17.7 Å². The van der Waals surface area contributed by atoms with Gasteiger partial charge in [-0.05, 0) is 55.9 Å². The van der Waals surface area contributed by atoms with Crippen molar-refractivity contribution in [3.05, 3.63) is 28.8 Å². The molecule has 2 saturated heterocycles. The minimum absolute atomic E-state index is 0.0734. The molecule has 152 valence electrons. The van der Waals surface area contributed by atoms with Crippen LogP contribution in [-0.4, -0.2) is 54.4 Å². The SMILES string of the molecule is O=C(C1CCN(C(=O)C2COc3ccc(Cl)cc3C2)CC1)N1CCCCCC1. The largest absolute Gasteiger partial charge is 0.492 e. The van der Waals surface area contributed by atoms with Crippen LogP contribution in [0, 0.1) is 11.8 Å². The summed E-state index contributed by atoms with van der Waals surface area (Å²) in [4.78, 5) is 29.8. The third-order valence-electron chi connectivity index (χ3n) is 6.35. The lowest BCUT2D eigenvalue weighted by molar-refractivity contribution is -0.143. The maximum atomic E-state index is 13.0. The maximum Gasteiger partial charge on any atom is 0.229 e. The predicted molar refractivity (Wildman–Crippen MR) is 108 cm³/mol. The van der Waals surface area contributed by atoms with E-state index in [2.05, 4.69) is 4.90 Å². The second kappa shape index (κ2) is 8.73. The molecule has 0 radical (unpaired) electrons. The molecule has 0 aromatic heterocycles. The summed E-state index contributed by atoms with van der Waals surface area (Å²) < 4.78 is 5.79. The number of halogens is 1. The van der Waals surface area contributed by atoms with Crippen LogP contribution < -0.4 is 4.74 Å². The molecule has 0 bridgehead atoms. The zero-order valence-electron chi connectivity index (χ0n) is 16.4. The number of amides is 2. The molecule has 2 fully saturated rings. The second-order valence-electron chi connectivity index (χ2n) is 8.30. The zero-order chi connectivity index (χ0) is 19.5. The quantitative estimate of drug-likeness (QED) is 0.757. The van der Waals surface area contributed by atoms with E-state index in [4.69, 9.17) is 16.3 Å². The highest BCUT2D eigenvalue weighted by atomic mass is 35.5. The smallest absolute Gasteiger partial charge is 0.229 e. The molecule has 3 aliphatic heterocycles. The molecule has 6 heteroatoms. The van der Waals surface area contributed by atoms with E-state index in [1.54, 1.807) is 0 Å². The fourth-order valence-electron chi connectivity index (χ4n) is 4.68. The molecule has 4 rings (SSSR count). The lowest BCUT2D eigenvalue weighted by Crippen LogP contribution is -2.47. The minimum atomic E-state index is -0.163. The number of likely N-dealkylation sites (tertiary alicyclic amines) is 2. The van der Waals surface area contributed by atoms with Crippen LogP contribution in [0.25, 0.3) is 0 Å². The summed E-state index contributed by atoms with van der Waals surface area (Å²) >= 11 is 6.09. The Bertz CT molecular complexity index is 722. The van der Waals surface area contributed by atoms with Crippen LogP contribution in [0.3, 0.4) is 0 Å². The zero-order valence-corrected chi connectivity index (χ0v) is 17.1. The Morgan fingerprint density at radius 2 is 1.54 bits per heavy atom. The molecule has 3 aliphatic rings. The molecule has 1 atom stereocenters. The summed E-state index contributed by atoms with van der Waals surface area (Å²) in [6.45, 7) is 3.56. The van der Waals surface area contributed by atoms with Crippen molar-refractivity contribution in [2.45, 2.75) is 44.9 Å². The van der Waals surface area contributed by atoms with Crippen molar-refractivity contribution in [1.82, 2.24) is 9.80 Å². The summed E-state index contributed by atoms with van der Waals surface area (Å²) in [5.74, 6) is 1.19. The fourth-order valence-corrected chi connectivity index (χ4v) is 4.87. The van der Waals surface area contributed by atoms with Gasteiger partial charge in [-0.1, -0.05) is 24.4 Å². The van der Waals surface area contributed by atoms with Gasteiger partial charge in [-0.2, -0.15) is 0 Å². The van der Waals surface area contributed by atoms with Gasteiger partial charge in [-0.3, -0.25) is 9.59 Å². The third kappa shape index (κ3) is 4.29. The Hall–Kier alpha value is -1.75. The number of carbonyl (C=O) groups excluding carboxylic acids is 2. The lowest BCUT2D eigenvalue weighted by Gasteiger charge is -2.36. The highest BCUT2D eigenvalue weighted by Gasteiger charge is 2.34. The molecule has 28 heavy (non-hydrogen) atoms. The number of ether oxygens (including phenoxy) is 1.